The quantitative estimate of drug-likeness (QED) is 0.0746. The van der Waals surface area contributed by atoms with E-state index in [2.05, 4.69) is 17.2 Å². The van der Waals surface area contributed by atoms with Gasteiger partial charge in [-0.25, -0.2) is 4.79 Å². The van der Waals surface area contributed by atoms with Gasteiger partial charge < -0.3 is 9.47 Å². The van der Waals surface area contributed by atoms with Crippen molar-refractivity contribution in [3.8, 4) is 11.5 Å². The number of rotatable bonds is 16. The van der Waals surface area contributed by atoms with E-state index in [0.717, 1.165) is 17.7 Å². The predicted molar refractivity (Wildman–Crippen MR) is 161 cm³/mol. The first kappa shape index (κ1) is 30.6. The van der Waals surface area contributed by atoms with Crippen LogP contribution in [0, 0.1) is 6.92 Å². The zero-order valence-electron chi connectivity index (χ0n) is 22.9. The molecule has 0 saturated heterocycles. The van der Waals surface area contributed by atoms with E-state index < -0.39 is 5.97 Å². The number of azo groups is 1. The van der Waals surface area contributed by atoms with E-state index in [-0.39, 0.29) is 0 Å². The number of unbranched alkanes of at least 4 members (excludes halogenated alkanes) is 9. The Hall–Kier alpha value is -2.89. The molecule has 5 nitrogen and oxygen atoms in total. The second-order valence-electron chi connectivity index (χ2n) is 9.69. The summed E-state index contributed by atoms with van der Waals surface area (Å²) in [6, 6.07) is 17.3. The summed E-state index contributed by atoms with van der Waals surface area (Å²) in [6.45, 7) is 4.79. The van der Waals surface area contributed by atoms with Crippen LogP contribution in [0.1, 0.15) is 87.1 Å². The molecule has 0 aliphatic heterocycles. The summed E-state index contributed by atoms with van der Waals surface area (Å²) in [5.74, 6) is 0.786. The number of hydrogen-bond acceptors (Lipinski definition) is 5. The van der Waals surface area contributed by atoms with E-state index in [1.807, 2.05) is 19.1 Å². The van der Waals surface area contributed by atoms with Gasteiger partial charge in [0.05, 0.1) is 22.9 Å². The maximum atomic E-state index is 12.7. The number of carbonyl (C=O) groups excluding carboxylic acids is 1. The Bertz CT molecular complexity index is 1210. The summed E-state index contributed by atoms with van der Waals surface area (Å²) in [6.07, 6.45) is 12.9. The van der Waals surface area contributed by atoms with Crippen LogP contribution in [-0.2, 0) is 0 Å². The van der Waals surface area contributed by atoms with Crippen molar-refractivity contribution in [3.63, 3.8) is 0 Å². The Morgan fingerprint density at radius 2 is 1.44 bits per heavy atom. The monoisotopic (exact) mass is 568 g/mol. The first-order chi connectivity index (χ1) is 19.0. The minimum absolute atomic E-state index is 0.431. The lowest BCUT2D eigenvalue weighted by Gasteiger charge is -2.09. The molecular weight excluding hydrogens is 531 g/mol. The van der Waals surface area contributed by atoms with Crippen LogP contribution in [0.15, 0.2) is 70.9 Å². The molecule has 3 aromatic carbocycles. The molecular formula is C32H38Cl2N2O3. The Kier molecular flexibility index (Phi) is 13.3. The first-order valence-electron chi connectivity index (χ1n) is 13.9. The van der Waals surface area contributed by atoms with Gasteiger partial charge in [0.2, 0.25) is 0 Å². The van der Waals surface area contributed by atoms with Crippen LogP contribution in [-0.4, -0.2) is 12.6 Å². The first-order valence-corrected chi connectivity index (χ1v) is 14.6. The molecule has 0 saturated carbocycles. The zero-order valence-corrected chi connectivity index (χ0v) is 24.4. The molecule has 0 amide bonds. The smallest absolute Gasteiger partial charge is 0.343 e. The molecule has 0 unspecified atom stereocenters. The molecule has 0 N–H and O–H groups in total. The highest BCUT2D eigenvalue weighted by atomic mass is 35.5. The topological polar surface area (TPSA) is 60.2 Å². The summed E-state index contributed by atoms with van der Waals surface area (Å²) < 4.78 is 11.5. The van der Waals surface area contributed by atoms with Gasteiger partial charge in [0.1, 0.15) is 17.2 Å². The number of esters is 1. The van der Waals surface area contributed by atoms with Gasteiger partial charge in [0, 0.05) is 5.02 Å². The fraction of sp³-hybridized carbons (Fsp3) is 0.406. The van der Waals surface area contributed by atoms with Gasteiger partial charge >= 0.3 is 5.97 Å². The fourth-order valence-corrected chi connectivity index (χ4v) is 4.43. The third-order valence-corrected chi connectivity index (χ3v) is 6.95. The molecule has 3 rings (SSSR count). The SMILES string of the molecule is CCCCCCCCCCCCOc1ccc(C(=O)Oc2ccc(N=Nc3cc(Cl)ccc3Cl)cc2C)cc1. The lowest BCUT2D eigenvalue weighted by Crippen LogP contribution is -2.09. The van der Waals surface area contributed by atoms with Gasteiger partial charge in [-0.1, -0.05) is 87.9 Å². The lowest BCUT2D eigenvalue weighted by molar-refractivity contribution is 0.0733. The maximum Gasteiger partial charge on any atom is 0.343 e. The molecule has 0 radical (unpaired) electrons. The standard InChI is InChI=1S/C32H38Cl2N2O3/c1-3-4-5-6-7-8-9-10-11-12-21-38-28-17-13-25(14-18-28)32(37)39-31-20-16-27(22-24(31)2)35-36-30-23-26(33)15-19-29(30)34/h13-20,22-23H,3-12,21H2,1-2H3. The van der Waals surface area contributed by atoms with Crippen LogP contribution in [0.5, 0.6) is 11.5 Å². The molecule has 0 atom stereocenters. The summed E-state index contributed by atoms with van der Waals surface area (Å²) in [4.78, 5) is 12.7. The summed E-state index contributed by atoms with van der Waals surface area (Å²) in [5.41, 5.74) is 2.30. The highest BCUT2D eigenvalue weighted by Crippen LogP contribution is 2.31. The predicted octanol–water partition coefficient (Wildman–Crippen LogP) is 11.2. The van der Waals surface area contributed by atoms with Gasteiger partial charge in [0.25, 0.3) is 0 Å². The van der Waals surface area contributed by atoms with E-state index in [9.17, 15) is 4.79 Å². The second-order valence-corrected chi connectivity index (χ2v) is 10.5. The third kappa shape index (κ3) is 11.0. The van der Waals surface area contributed by atoms with Crippen LogP contribution in [0.2, 0.25) is 10.0 Å². The highest BCUT2D eigenvalue weighted by Gasteiger charge is 2.11. The largest absolute Gasteiger partial charge is 0.494 e. The molecule has 7 heteroatoms. The summed E-state index contributed by atoms with van der Waals surface area (Å²) in [7, 11) is 0. The van der Waals surface area contributed by atoms with E-state index in [4.69, 9.17) is 32.7 Å². The molecule has 0 aromatic heterocycles. The zero-order chi connectivity index (χ0) is 27.9. The molecule has 0 bridgehead atoms. The fourth-order valence-electron chi connectivity index (χ4n) is 4.11. The average molecular weight is 570 g/mol. The lowest BCUT2D eigenvalue weighted by atomic mass is 10.1. The van der Waals surface area contributed by atoms with Crippen molar-refractivity contribution in [1.82, 2.24) is 0 Å². The van der Waals surface area contributed by atoms with Gasteiger partial charge in [-0.2, -0.15) is 5.11 Å². The van der Waals surface area contributed by atoms with Crippen LogP contribution in [0.25, 0.3) is 0 Å². The molecule has 0 heterocycles. The van der Waals surface area contributed by atoms with Crippen molar-refractivity contribution in [1.29, 1.82) is 0 Å². The highest BCUT2D eigenvalue weighted by molar-refractivity contribution is 6.35. The second kappa shape index (κ2) is 16.9. The van der Waals surface area contributed by atoms with Crippen LogP contribution < -0.4 is 9.47 Å². The van der Waals surface area contributed by atoms with Crippen LogP contribution in [0.3, 0.4) is 0 Å². The van der Waals surface area contributed by atoms with Crippen molar-refractivity contribution in [3.05, 3.63) is 81.8 Å². The minimum atomic E-state index is -0.431. The number of benzene rings is 3. The maximum absolute atomic E-state index is 12.7. The van der Waals surface area contributed by atoms with E-state index in [1.54, 1.807) is 48.5 Å². The summed E-state index contributed by atoms with van der Waals surface area (Å²) in [5, 5.41) is 9.37. The Morgan fingerprint density at radius 3 is 2.10 bits per heavy atom. The van der Waals surface area contributed by atoms with Gasteiger partial charge in [-0.15, -0.1) is 5.11 Å². The Labute approximate surface area is 242 Å². The van der Waals surface area contributed by atoms with Gasteiger partial charge in [0.15, 0.2) is 0 Å². The summed E-state index contributed by atoms with van der Waals surface area (Å²) >= 11 is 12.1. The van der Waals surface area contributed by atoms with Crippen molar-refractivity contribution in [2.75, 3.05) is 6.61 Å². The van der Waals surface area contributed by atoms with E-state index in [0.29, 0.717) is 39.3 Å². The third-order valence-electron chi connectivity index (χ3n) is 6.40. The molecule has 0 aliphatic rings. The molecule has 39 heavy (non-hydrogen) atoms. The number of halogens is 2. The number of nitrogens with zero attached hydrogens (tertiary/aromatic N) is 2. The Morgan fingerprint density at radius 1 is 0.769 bits per heavy atom. The Balaban J connectivity index is 1.40. The molecule has 3 aromatic rings. The van der Waals surface area contributed by atoms with Crippen LogP contribution in [0.4, 0.5) is 11.4 Å². The van der Waals surface area contributed by atoms with Gasteiger partial charge in [-0.3, -0.25) is 0 Å². The normalized spacial score (nSPS) is 11.2. The minimum Gasteiger partial charge on any atom is -0.494 e. The molecule has 208 valence electrons. The number of aryl methyl sites for hydroxylation is 1. The number of ether oxygens (including phenoxy) is 2. The average Bonchev–Trinajstić information content (AvgIpc) is 2.94. The van der Waals surface area contributed by atoms with Crippen LogP contribution >= 0.6 is 23.2 Å². The van der Waals surface area contributed by atoms with E-state index in [1.165, 1.54) is 57.8 Å². The molecule has 0 aliphatic carbocycles. The number of carbonyl (C=O) groups is 1. The van der Waals surface area contributed by atoms with Crippen molar-refractivity contribution >= 4 is 40.5 Å². The molecule has 0 spiro atoms. The van der Waals surface area contributed by atoms with Gasteiger partial charge in [-0.05, 0) is 79.6 Å². The number of hydrogen-bond donors (Lipinski definition) is 0. The van der Waals surface area contributed by atoms with E-state index >= 15 is 0 Å². The van der Waals surface area contributed by atoms with Crippen molar-refractivity contribution < 1.29 is 14.3 Å². The molecule has 0 fully saturated rings. The van der Waals surface area contributed by atoms with Crippen molar-refractivity contribution in [2.45, 2.75) is 78.1 Å². The van der Waals surface area contributed by atoms with Crippen molar-refractivity contribution in [2.24, 2.45) is 10.2 Å².